The predicted molar refractivity (Wildman–Crippen MR) is 124 cm³/mol. The van der Waals surface area contributed by atoms with Crippen molar-refractivity contribution >= 4 is 11.8 Å². The van der Waals surface area contributed by atoms with Crippen LogP contribution in [0.5, 0.6) is 5.75 Å². The van der Waals surface area contributed by atoms with E-state index in [1.807, 2.05) is 23.1 Å². The minimum atomic E-state index is -0.586. The average molecular weight is 454 g/mol. The fourth-order valence-electron chi connectivity index (χ4n) is 4.85. The van der Waals surface area contributed by atoms with Gasteiger partial charge in [0.2, 0.25) is 11.8 Å². The number of ether oxygens (including phenoxy) is 1. The van der Waals surface area contributed by atoms with Crippen molar-refractivity contribution in [3.05, 3.63) is 65.5 Å². The van der Waals surface area contributed by atoms with Crippen LogP contribution in [0, 0.1) is 5.82 Å². The van der Waals surface area contributed by atoms with Gasteiger partial charge in [-0.2, -0.15) is 0 Å². The fourth-order valence-corrected chi connectivity index (χ4v) is 4.85. The minimum Gasteiger partial charge on any atom is -0.497 e. The van der Waals surface area contributed by atoms with E-state index in [4.69, 9.17) is 4.74 Å². The molecule has 2 aromatic carbocycles. The number of carbonyl (C=O) groups excluding carboxylic acids is 2. The highest BCUT2D eigenvalue weighted by Gasteiger charge is 2.39. The monoisotopic (exact) mass is 453 g/mol. The summed E-state index contributed by atoms with van der Waals surface area (Å²) in [6, 6.07) is 15.1. The summed E-state index contributed by atoms with van der Waals surface area (Å²) in [5.74, 6) is 0.175. The molecule has 0 aliphatic carbocycles. The van der Waals surface area contributed by atoms with Gasteiger partial charge in [0.1, 0.15) is 11.6 Å². The maximum atomic E-state index is 14.6. The van der Waals surface area contributed by atoms with Crippen LogP contribution < -0.4 is 10.1 Å². The Morgan fingerprint density at radius 3 is 2.52 bits per heavy atom. The second-order valence-corrected chi connectivity index (χ2v) is 9.11. The van der Waals surface area contributed by atoms with Crippen LogP contribution in [0.3, 0.4) is 0 Å². The first-order valence-electron chi connectivity index (χ1n) is 11.6. The van der Waals surface area contributed by atoms with E-state index in [1.54, 1.807) is 12.1 Å². The third kappa shape index (κ3) is 5.90. The number of nitrogens with zero attached hydrogens (tertiary/aromatic N) is 2. The van der Waals surface area contributed by atoms with Crippen molar-refractivity contribution in [2.24, 2.45) is 0 Å². The van der Waals surface area contributed by atoms with Gasteiger partial charge in [-0.3, -0.25) is 14.5 Å². The second-order valence-electron chi connectivity index (χ2n) is 9.11. The zero-order chi connectivity index (χ0) is 23.3. The highest BCUT2D eigenvalue weighted by molar-refractivity contribution is 5.80. The molecule has 2 amide bonds. The Labute approximate surface area is 194 Å². The third-order valence-electron chi connectivity index (χ3n) is 6.82. The number of rotatable bonds is 8. The first kappa shape index (κ1) is 23.2. The Morgan fingerprint density at radius 2 is 1.88 bits per heavy atom. The van der Waals surface area contributed by atoms with Crippen molar-refractivity contribution < 1.29 is 18.7 Å². The molecule has 2 aromatic rings. The molecule has 1 atom stereocenters. The van der Waals surface area contributed by atoms with E-state index in [0.29, 0.717) is 56.5 Å². The molecule has 2 aliphatic rings. The van der Waals surface area contributed by atoms with Crippen LogP contribution in [0.2, 0.25) is 0 Å². The molecule has 1 unspecified atom stereocenters. The molecular formula is C26H32FN3O3. The van der Waals surface area contributed by atoms with Gasteiger partial charge in [0.15, 0.2) is 0 Å². The van der Waals surface area contributed by atoms with Crippen molar-refractivity contribution in [2.45, 2.75) is 44.2 Å². The minimum absolute atomic E-state index is 0.0362. The van der Waals surface area contributed by atoms with E-state index in [2.05, 4.69) is 22.3 Å². The summed E-state index contributed by atoms with van der Waals surface area (Å²) in [6.45, 7) is 4.00. The summed E-state index contributed by atoms with van der Waals surface area (Å²) in [5, 5.41) is 3.05. The Balaban J connectivity index is 1.32. The average Bonchev–Trinajstić information content (AvgIpc) is 3.20. The van der Waals surface area contributed by atoms with Crippen LogP contribution in [-0.4, -0.2) is 60.4 Å². The van der Waals surface area contributed by atoms with Crippen LogP contribution in [0.25, 0.3) is 0 Å². The predicted octanol–water partition coefficient (Wildman–Crippen LogP) is 3.15. The van der Waals surface area contributed by atoms with Crippen LogP contribution in [0.4, 0.5) is 4.39 Å². The number of halogens is 1. The maximum absolute atomic E-state index is 14.6. The molecule has 1 N–H and O–H groups in total. The van der Waals surface area contributed by atoms with Crippen molar-refractivity contribution in [1.29, 1.82) is 0 Å². The van der Waals surface area contributed by atoms with Gasteiger partial charge in [0.05, 0.1) is 7.11 Å². The van der Waals surface area contributed by atoms with Crippen LogP contribution in [0.15, 0.2) is 48.5 Å². The van der Waals surface area contributed by atoms with E-state index in [9.17, 15) is 14.0 Å². The van der Waals surface area contributed by atoms with E-state index in [1.165, 1.54) is 18.7 Å². The van der Waals surface area contributed by atoms with Gasteiger partial charge in [0, 0.05) is 57.2 Å². The van der Waals surface area contributed by atoms with Crippen LogP contribution >= 0.6 is 0 Å². The Hall–Kier alpha value is -2.93. The molecule has 0 spiro atoms. The van der Waals surface area contributed by atoms with Gasteiger partial charge in [-0.05, 0) is 36.5 Å². The van der Waals surface area contributed by atoms with Crippen molar-refractivity contribution in [3.63, 3.8) is 0 Å². The summed E-state index contributed by atoms with van der Waals surface area (Å²) in [4.78, 5) is 29.3. The zero-order valence-corrected chi connectivity index (χ0v) is 19.2. The molecule has 0 aromatic heterocycles. The lowest BCUT2D eigenvalue weighted by molar-refractivity contribution is -0.133. The normalized spacial score (nSPS) is 21.2. The number of methoxy groups -OCH3 is 1. The van der Waals surface area contributed by atoms with Gasteiger partial charge >= 0.3 is 0 Å². The molecule has 4 rings (SSSR count). The molecule has 0 bridgehead atoms. The van der Waals surface area contributed by atoms with E-state index < -0.39 is 5.54 Å². The number of piperazine rings is 1. The van der Waals surface area contributed by atoms with E-state index >= 15 is 0 Å². The van der Waals surface area contributed by atoms with Gasteiger partial charge in [-0.15, -0.1) is 0 Å². The molecule has 2 saturated heterocycles. The lowest BCUT2D eigenvalue weighted by Crippen LogP contribution is -2.49. The van der Waals surface area contributed by atoms with E-state index in [-0.39, 0.29) is 17.6 Å². The largest absolute Gasteiger partial charge is 0.497 e. The Morgan fingerprint density at radius 1 is 1.12 bits per heavy atom. The molecule has 0 radical (unpaired) electrons. The number of amides is 2. The number of hydrogen-bond donors (Lipinski definition) is 1. The van der Waals surface area contributed by atoms with E-state index in [0.717, 1.165) is 19.6 Å². The molecule has 2 heterocycles. The molecule has 176 valence electrons. The summed E-state index contributed by atoms with van der Waals surface area (Å²) < 4.78 is 19.7. The lowest BCUT2D eigenvalue weighted by atomic mass is 9.84. The number of hydrogen-bond acceptors (Lipinski definition) is 4. The molecule has 2 fully saturated rings. The van der Waals surface area contributed by atoms with Crippen LogP contribution in [0.1, 0.15) is 36.8 Å². The zero-order valence-electron chi connectivity index (χ0n) is 19.2. The maximum Gasteiger partial charge on any atom is 0.222 e. The Bertz CT molecular complexity index is 976. The molecule has 2 aliphatic heterocycles. The van der Waals surface area contributed by atoms with Crippen LogP contribution in [-0.2, 0) is 22.6 Å². The lowest BCUT2D eigenvalue weighted by Gasteiger charge is -2.36. The van der Waals surface area contributed by atoms with Crippen molar-refractivity contribution in [3.8, 4) is 5.75 Å². The number of nitrogens with one attached hydrogen (secondary N) is 1. The quantitative estimate of drug-likeness (QED) is 0.667. The van der Waals surface area contributed by atoms with Gasteiger partial charge in [-0.25, -0.2) is 4.39 Å². The number of carbonyl (C=O) groups is 2. The summed E-state index contributed by atoms with van der Waals surface area (Å²) in [5.41, 5.74) is 1.22. The summed E-state index contributed by atoms with van der Waals surface area (Å²) in [6.07, 6.45) is 2.23. The number of benzene rings is 2. The molecule has 33 heavy (non-hydrogen) atoms. The SMILES string of the molecule is COc1ccc(CC2(CCC(=O)N3CCN(Cc4ccccc4)CC3)CCC(=O)N2)c(F)c1. The van der Waals surface area contributed by atoms with Crippen molar-refractivity contribution in [1.82, 2.24) is 15.1 Å². The highest BCUT2D eigenvalue weighted by Crippen LogP contribution is 2.31. The first-order valence-corrected chi connectivity index (χ1v) is 11.6. The Kier molecular flexibility index (Phi) is 7.28. The van der Waals surface area contributed by atoms with Crippen molar-refractivity contribution in [2.75, 3.05) is 33.3 Å². The highest BCUT2D eigenvalue weighted by atomic mass is 19.1. The molecule has 0 saturated carbocycles. The fraction of sp³-hybridized carbons (Fsp3) is 0.462. The summed E-state index contributed by atoms with van der Waals surface area (Å²) in [7, 11) is 1.50. The second kappa shape index (κ2) is 10.3. The standard InChI is InChI=1S/C26H32FN3O3/c1-33-22-8-7-21(23(27)17-22)18-26(11-9-24(31)28-26)12-10-25(32)30-15-13-29(14-16-30)19-20-5-3-2-4-6-20/h2-8,17H,9-16,18-19H2,1H3,(H,28,31). The summed E-state index contributed by atoms with van der Waals surface area (Å²) >= 11 is 0. The smallest absolute Gasteiger partial charge is 0.222 e. The van der Waals surface area contributed by atoms with Gasteiger partial charge < -0.3 is 15.0 Å². The molecule has 7 heteroatoms. The molecular weight excluding hydrogens is 421 g/mol. The first-order chi connectivity index (χ1) is 16.0. The van der Waals surface area contributed by atoms with Gasteiger partial charge in [-0.1, -0.05) is 36.4 Å². The topological polar surface area (TPSA) is 61.9 Å². The molecule has 6 nitrogen and oxygen atoms in total. The van der Waals surface area contributed by atoms with Gasteiger partial charge in [0.25, 0.3) is 0 Å². The third-order valence-corrected chi connectivity index (χ3v) is 6.82.